The van der Waals surface area contributed by atoms with Gasteiger partial charge in [-0.15, -0.1) is 0 Å². The fraction of sp³-hybridized carbons (Fsp3) is 0.429. The fourth-order valence-electron chi connectivity index (χ4n) is 0.255. The van der Waals surface area contributed by atoms with Gasteiger partial charge in [0.25, 0.3) is 0 Å². The lowest BCUT2D eigenvalue weighted by atomic mass is 10.4. The lowest BCUT2D eigenvalue weighted by molar-refractivity contribution is 1.40. The molecule has 9 heavy (non-hydrogen) atoms. The lowest BCUT2D eigenvalue weighted by Crippen LogP contribution is -1.68. The normalized spacial score (nSPS) is 8.89. The zero-order chi connectivity index (χ0) is 7.44. The second-order valence-electron chi connectivity index (χ2n) is 2.08. The van der Waals surface area contributed by atoms with E-state index in [-0.39, 0.29) is 0 Å². The first kappa shape index (κ1) is 9.12. The van der Waals surface area contributed by atoms with Crippen LogP contribution in [-0.2, 0) is 0 Å². The third kappa shape index (κ3) is 4.61. The maximum absolute atomic E-state index is 5.79. The third-order valence-electron chi connectivity index (χ3n) is 0.657. The van der Waals surface area contributed by atoms with Crippen molar-refractivity contribution >= 4 is 23.4 Å². The van der Waals surface area contributed by atoms with E-state index >= 15 is 0 Å². The van der Waals surface area contributed by atoms with Gasteiger partial charge in [-0.2, -0.15) is 0 Å². The van der Waals surface area contributed by atoms with Crippen molar-refractivity contribution in [3.63, 3.8) is 0 Å². The van der Waals surface area contributed by atoms with Crippen molar-refractivity contribution in [1.29, 1.82) is 0 Å². The molecule has 0 aliphatic carbocycles. The zero-order valence-corrected chi connectivity index (χ0v) is 7.57. The number of rotatable bonds is 2. The highest BCUT2D eigenvalue weighted by molar-refractivity contribution is 8.08. The van der Waals surface area contributed by atoms with Crippen molar-refractivity contribution in [1.82, 2.24) is 0 Å². The van der Waals surface area contributed by atoms with Gasteiger partial charge in [-0.3, -0.25) is 0 Å². The van der Waals surface area contributed by atoms with Gasteiger partial charge in [0, 0.05) is 0 Å². The highest BCUT2D eigenvalue weighted by atomic mass is 35.5. The molecule has 0 saturated carbocycles. The first-order valence-electron chi connectivity index (χ1n) is 2.70. The summed E-state index contributed by atoms with van der Waals surface area (Å²) in [4.78, 5) is 1.03. The molecule has 0 rings (SSSR count). The molecule has 0 N–H and O–H groups in total. The largest absolute Gasteiger partial charge is 0.0894 e. The number of thioether (sulfide) groups is 1. The molecule has 0 aromatic heterocycles. The summed E-state index contributed by atoms with van der Waals surface area (Å²) in [5, 5.41) is 0. The van der Waals surface area contributed by atoms with E-state index in [1.54, 1.807) is 0 Å². The van der Waals surface area contributed by atoms with Crippen LogP contribution in [-0.4, -0.2) is 0 Å². The second-order valence-corrected chi connectivity index (χ2v) is 3.99. The number of hydrogen-bond donors (Lipinski definition) is 0. The van der Waals surface area contributed by atoms with Crippen LogP contribution >= 0.6 is 23.4 Å². The van der Waals surface area contributed by atoms with E-state index in [0.717, 1.165) is 14.8 Å². The Morgan fingerprint density at radius 2 is 1.78 bits per heavy atom. The molecule has 0 saturated heterocycles. The summed E-state index contributed by atoms with van der Waals surface area (Å²) in [7, 11) is 0. The standard InChI is InChI=1S/C7H11ClS/c1-5(2)7(8)9-6(3)4/h3H2,1-2,4H3. The highest BCUT2D eigenvalue weighted by Crippen LogP contribution is 2.28. The van der Waals surface area contributed by atoms with Crippen LogP contribution in [0, 0.1) is 0 Å². The molecule has 2 heteroatoms. The van der Waals surface area contributed by atoms with Crippen LogP contribution in [0.15, 0.2) is 21.4 Å². The summed E-state index contributed by atoms with van der Waals surface area (Å²) in [5.41, 5.74) is 1.14. The molecular weight excluding hydrogens is 152 g/mol. The van der Waals surface area contributed by atoms with Gasteiger partial charge in [-0.1, -0.05) is 35.5 Å². The lowest BCUT2D eigenvalue weighted by Gasteiger charge is -1.97. The van der Waals surface area contributed by atoms with Crippen LogP contribution in [0.3, 0.4) is 0 Å². The van der Waals surface area contributed by atoms with E-state index in [1.165, 1.54) is 11.8 Å². The molecule has 0 bridgehead atoms. The summed E-state index contributed by atoms with van der Waals surface area (Å²) < 4.78 is 0.836. The average molecular weight is 163 g/mol. The van der Waals surface area contributed by atoms with Gasteiger partial charge >= 0.3 is 0 Å². The van der Waals surface area contributed by atoms with E-state index in [9.17, 15) is 0 Å². The van der Waals surface area contributed by atoms with Gasteiger partial charge in [0.2, 0.25) is 0 Å². The van der Waals surface area contributed by atoms with Crippen molar-refractivity contribution in [3.8, 4) is 0 Å². The summed E-state index contributed by atoms with van der Waals surface area (Å²) in [6.45, 7) is 9.63. The molecule has 0 nitrogen and oxygen atoms in total. The SMILES string of the molecule is C=C(C)SC(Cl)=C(C)C. The number of halogens is 1. The van der Waals surface area contributed by atoms with Gasteiger partial charge in [-0.25, -0.2) is 0 Å². The molecule has 0 unspecified atom stereocenters. The van der Waals surface area contributed by atoms with Crippen molar-refractivity contribution in [2.45, 2.75) is 20.8 Å². The van der Waals surface area contributed by atoms with Crippen molar-refractivity contribution in [2.75, 3.05) is 0 Å². The predicted molar refractivity (Wildman–Crippen MR) is 46.6 cm³/mol. The fourth-order valence-corrected chi connectivity index (χ4v) is 1.16. The Morgan fingerprint density at radius 3 is 1.89 bits per heavy atom. The summed E-state index contributed by atoms with van der Waals surface area (Å²) in [6.07, 6.45) is 0. The van der Waals surface area contributed by atoms with E-state index in [0.29, 0.717) is 0 Å². The first-order valence-corrected chi connectivity index (χ1v) is 3.90. The minimum Gasteiger partial charge on any atom is -0.0894 e. The summed E-state index contributed by atoms with van der Waals surface area (Å²) >= 11 is 7.31. The van der Waals surface area contributed by atoms with Crippen LogP contribution in [0.2, 0.25) is 0 Å². The second kappa shape index (κ2) is 4.02. The molecule has 0 aliphatic heterocycles. The van der Waals surface area contributed by atoms with Crippen LogP contribution in [0.25, 0.3) is 0 Å². The third-order valence-corrected chi connectivity index (χ3v) is 2.20. The topological polar surface area (TPSA) is 0 Å². The first-order chi connectivity index (χ1) is 4.04. The van der Waals surface area contributed by atoms with Crippen LogP contribution in [0.1, 0.15) is 20.8 Å². The minimum absolute atomic E-state index is 0.836. The van der Waals surface area contributed by atoms with Gasteiger partial charge in [0.15, 0.2) is 0 Å². The number of hydrogen-bond acceptors (Lipinski definition) is 1. The Morgan fingerprint density at radius 1 is 1.33 bits per heavy atom. The Labute approximate surface area is 66.0 Å². The molecule has 0 amide bonds. The molecule has 0 aromatic carbocycles. The summed E-state index contributed by atoms with van der Waals surface area (Å²) in [5.74, 6) is 0. The van der Waals surface area contributed by atoms with E-state index in [1.807, 2.05) is 20.8 Å². The summed E-state index contributed by atoms with van der Waals surface area (Å²) in [6, 6.07) is 0. The van der Waals surface area contributed by atoms with Crippen molar-refractivity contribution in [3.05, 3.63) is 21.4 Å². The van der Waals surface area contributed by atoms with E-state index in [4.69, 9.17) is 11.6 Å². The van der Waals surface area contributed by atoms with Gasteiger partial charge in [-0.05, 0) is 25.7 Å². The zero-order valence-electron chi connectivity index (χ0n) is 5.99. The smallest absolute Gasteiger partial charge is 0.0765 e. The maximum Gasteiger partial charge on any atom is 0.0765 e. The van der Waals surface area contributed by atoms with Gasteiger partial charge in [0.1, 0.15) is 0 Å². The monoisotopic (exact) mass is 162 g/mol. The average Bonchev–Trinajstić information content (AvgIpc) is 1.63. The number of allylic oxidation sites excluding steroid dienone is 2. The molecule has 0 radical (unpaired) electrons. The van der Waals surface area contributed by atoms with Crippen LogP contribution in [0.4, 0.5) is 0 Å². The van der Waals surface area contributed by atoms with Gasteiger partial charge < -0.3 is 0 Å². The van der Waals surface area contributed by atoms with Gasteiger partial charge in [0.05, 0.1) is 4.36 Å². The van der Waals surface area contributed by atoms with Crippen molar-refractivity contribution < 1.29 is 0 Å². The van der Waals surface area contributed by atoms with E-state index in [2.05, 4.69) is 6.58 Å². The van der Waals surface area contributed by atoms with Crippen molar-refractivity contribution in [2.24, 2.45) is 0 Å². The van der Waals surface area contributed by atoms with Crippen LogP contribution < -0.4 is 0 Å². The Bertz CT molecular complexity index is 143. The van der Waals surface area contributed by atoms with Crippen LogP contribution in [0.5, 0.6) is 0 Å². The molecule has 0 heterocycles. The van der Waals surface area contributed by atoms with E-state index < -0.39 is 0 Å². The maximum atomic E-state index is 5.79. The molecule has 0 aromatic rings. The predicted octanol–water partition coefficient (Wildman–Crippen LogP) is 3.74. The molecule has 0 spiro atoms. The molecule has 0 aliphatic rings. The highest BCUT2D eigenvalue weighted by Gasteiger charge is 1.94. The molecular formula is C7H11ClS. The minimum atomic E-state index is 0.836. The quantitative estimate of drug-likeness (QED) is 0.596. The Hall–Kier alpha value is 0.120. The molecule has 0 fully saturated rings. The molecule has 0 atom stereocenters. The Balaban J connectivity index is 3.92. The molecule has 52 valence electrons. The Kier molecular flexibility index (Phi) is 4.07.